The molecule has 0 unspecified atom stereocenters. The molecule has 1 saturated heterocycles. The summed E-state index contributed by atoms with van der Waals surface area (Å²) in [5.41, 5.74) is 1.22. The monoisotopic (exact) mass is 304 g/mol. The summed E-state index contributed by atoms with van der Waals surface area (Å²) >= 11 is 0. The average Bonchev–Trinajstić information content (AvgIpc) is 2.46. The SMILES string of the molecule is COc1ccc(C2CCN(CC(=O)NC(C)(C)C)CC2)cc1. The first kappa shape index (κ1) is 16.8. The molecular formula is C18H28N2O2. The molecule has 0 aliphatic carbocycles. The summed E-state index contributed by atoms with van der Waals surface area (Å²) in [6, 6.07) is 8.37. The summed E-state index contributed by atoms with van der Waals surface area (Å²) in [7, 11) is 1.69. The Kier molecular flexibility index (Phi) is 5.46. The maximum absolute atomic E-state index is 12.0. The highest BCUT2D eigenvalue weighted by Crippen LogP contribution is 2.29. The quantitative estimate of drug-likeness (QED) is 0.930. The zero-order valence-corrected chi connectivity index (χ0v) is 14.2. The van der Waals surface area contributed by atoms with E-state index in [2.05, 4.69) is 22.3 Å². The van der Waals surface area contributed by atoms with Crippen molar-refractivity contribution in [2.24, 2.45) is 0 Å². The number of rotatable bonds is 4. The van der Waals surface area contributed by atoms with Gasteiger partial charge in [-0.3, -0.25) is 9.69 Å². The molecule has 1 fully saturated rings. The third-order valence-electron chi connectivity index (χ3n) is 4.06. The van der Waals surface area contributed by atoms with E-state index >= 15 is 0 Å². The second kappa shape index (κ2) is 7.14. The van der Waals surface area contributed by atoms with Gasteiger partial charge in [-0.15, -0.1) is 0 Å². The summed E-state index contributed by atoms with van der Waals surface area (Å²) in [6.45, 7) is 8.51. The van der Waals surface area contributed by atoms with Crippen LogP contribution in [0.25, 0.3) is 0 Å². The molecule has 122 valence electrons. The Morgan fingerprint density at radius 2 is 1.82 bits per heavy atom. The van der Waals surface area contributed by atoms with E-state index in [9.17, 15) is 4.79 Å². The van der Waals surface area contributed by atoms with Crippen molar-refractivity contribution >= 4 is 5.91 Å². The number of piperidine rings is 1. The van der Waals surface area contributed by atoms with Crippen molar-refractivity contribution in [1.82, 2.24) is 10.2 Å². The summed E-state index contributed by atoms with van der Waals surface area (Å²) in [5, 5.41) is 3.03. The maximum Gasteiger partial charge on any atom is 0.234 e. The van der Waals surface area contributed by atoms with Gasteiger partial charge in [0.25, 0.3) is 0 Å². The number of likely N-dealkylation sites (tertiary alicyclic amines) is 1. The number of hydrogen-bond acceptors (Lipinski definition) is 3. The van der Waals surface area contributed by atoms with Gasteiger partial charge in [-0.25, -0.2) is 0 Å². The first-order chi connectivity index (χ1) is 10.4. The maximum atomic E-state index is 12.0. The van der Waals surface area contributed by atoms with Crippen molar-refractivity contribution in [2.45, 2.75) is 45.1 Å². The van der Waals surface area contributed by atoms with E-state index in [1.165, 1.54) is 5.56 Å². The van der Waals surface area contributed by atoms with Crippen molar-refractivity contribution in [3.63, 3.8) is 0 Å². The van der Waals surface area contributed by atoms with Crippen LogP contribution in [0.5, 0.6) is 5.75 Å². The number of carbonyl (C=O) groups is 1. The number of methoxy groups -OCH3 is 1. The van der Waals surface area contributed by atoms with Gasteiger partial charge < -0.3 is 10.1 Å². The summed E-state index contributed by atoms with van der Waals surface area (Å²) in [4.78, 5) is 14.2. The number of nitrogens with zero attached hydrogens (tertiary/aromatic N) is 1. The number of carbonyl (C=O) groups excluding carboxylic acids is 1. The average molecular weight is 304 g/mol. The Morgan fingerprint density at radius 3 is 2.32 bits per heavy atom. The molecule has 2 rings (SSSR count). The van der Waals surface area contributed by atoms with Crippen LogP contribution in [0.2, 0.25) is 0 Å². The van der Waals surface area contributed by atoms with Crippen LogP contribution in [-0.4, -0.2) is 43.1 Å². The largest absolute Gasteiger partial charge is 0.497 e. The highest BCUT2D eigenvalue weighted by atomic mass is 16.5. The van der Waals surface area contributed by atoms with Crippen molar-refractivity contribution in [3.05, 3.63) is 29.8 Å². The second-order valence-electron chi connectivity index (χ2n) is 7.12. The van der Waals surface area contributed by atoms with E-state index in [1.54, 1.807) is 7.11 Å². The van der Waals surface area contributed by atoms with Crippen molar-refractivity contribution in [2.75, 3.05) is 26.7 Å². The van der Waals surface area contributed by atoms with Gasteiger partial charge in [0.15, 0.2) is 0 Å². The van der Waals surface area contributed by atoms with Crippen LogP contribution in [0.15, 0.2) is 24.3 Å². The molecule has 1 aromatic carbocycles. The van der Waals surface area contributed by atoms with Crippen LogP contribution in [0.4, 0.5) is 0 Å². The Bertz CT molecular complexity index is 483. The molecule has 1 aromatic rings. The van der Waals surface area contributed by atoms with Gasteiger partial charge in [-0.1, -0.05) is 12.1 Å². The molecule has 1 aliphatic heterocycles. The van der Waals surface area contributed by atoms with Crippen molar-refractivity contribution < 1.29 is 9.53 Å². The molecule has 22 heavy (non-hydrogen) atoms. The van der Waals surface area contributed by atoms with E-state index in [4.69, 9.17) is 4.74 Å². The number of nitrogens with one attached hydrogen (secondary N) is 1. The second-order valence-corrected chi connectivity index (χ2v) is 7.12. The molecule has 4 heteroatoms. The van der Waals surface area contributed by atoms with Gasteiger partial charge in [0, 0.05) is 5.54 Å². The Hall–Kier alpha value is -1.55. The molecule has 1 aliphatic rings. The van der Waals surface area contributed by atoms with Crippen LogP contribution in [0.3, 0.4) is 0 Å². The predicted octanol–water partition coefficient (Wildman–Crippen LogP) is 2.79. The zero-order valence-electron chi connectivity index (χ0n) is 14.2. The lowest BCUT2D eigenvalue weighted by atomic mass is 9.89. The van der Waals surface area contributed by atoms with Crippen molar-refractivity contribution in [1.29, 1.82) is 0 Å². The van der Waals surface area contributed by atoms with E-state index in [1.807, 2.05) is 32.9 Å². The smallest absolute Gasteiger partial charge is 0.234 e. The standard InChI is InChI=1S/C18H28N2O2/c1-18(2,3)19-17(21)13-20-11-9-15(10-12-20)14-5-7-16(22-4)8-6-14/h5-8,15H,9-13H2,1-4H3,(H,19,21). The number of benzene rings is 1. The summed E-state index contributed by atoms with van der Waals surface area (Å²) in [6.07, 6.45) is 2.21. The van der Waals surface area contributed by atoms with Crippen LogP contribution in [-0.2, 0) is 4.79 Å². The van der Waals surface area contributed by atoms with Crippen LogP contribution >= 0.6 is 0 Å². The van der Waals surface area contributed by atoms with Crippen LogP contribution in [0.1, 0.15) is 45.1 Å². The third kappa shape index (κ3) is 5.02. The lowest BCUT2D eigenvalue weighted by Crippen LogP contribution is -2.47. The van der Waals surface area contributed by atoms with Crippen LogP contribution in [0, 0.1) is 0 Å². The van der Waals surface area contributed by atoms with Crippen LogP contribution < -0.4 is 10.1 Å². The minimum Gasteiger partial charge on any atom is -0.497 e. The molecule has 0 saturated carbocycles. The zero-order chi connectivity index (χ0) is 16.2. The lowest BCUT2D eigenvalue weighted by Gasteiger charge is -2.32. The Morgan fingerprint density at radius 1 is 1.23 bits per heavy atom. The van der Waals surface area contributed by atoms with E-state index in [0.29, 0.717) is 12.5 Å². The molecule has 0 atom stereocenters. The molecule has 0 aromatic heterocycles. The highest BCUT2D eigenvalue weighted by molar-refractivity contribution is 5.78. The number of amides is 1. The van der Waals surface area contributed by atoms with Gasteiger partial charge in [0.05, 0.1) is 13.7 Å². The lowest BCUT2D eigenvalue weighted by molar-refractivity contribution is -0.123. The number of ether oxygens (including phenoxy) is 1. The fraction of sp³-hybridized carbons (Fsp3) is 0.611. The van der Waals surface area contributed by atoms with E-state index in [-0.39, 0.29) is 11.4 Å². The predicted molar refractivity (Wildman–Crippen MR) is 89.3 cm³/mol. The van der Waals surface area contributed by atoms with Gasteiger partial charge in [-0.05, 0) is 70.3 Å². The Balaban J connectivity index is 1.81. The molecule has 1 heterocycles. The molecule has 0 spiro atoms. The molecular weight excluding hydrogens is 276 g/mol. The summed E-state index contributed by atoms with van der Waals surface area (Å²) in [5.74, 6) is 1.61. The minimum atomic E-state index is -0.154. The third-order valence-corrected chi connectivity index (χ3v) is 4.06. The molecule has 1 N–H and O–H groups in total. The normalized spacial score (nSPS) is 17.3. The first-order valence-corrected chi connectivity index (χ1v) is 8.05. The van der Waals surface area contributed by atoms with Gasteiger partial charge in [-0.2, -0.15) is 0 Å². The van der Waals surface area contributed by atoms with E-state index < -0.39 is 0 Å². The molecule has 4 nitrogen and oxygen atoms in total. The van der Waals surface area contributed by atoms with Gasteiger partial charge >= 0.3 is 0 Å². The van der Waals surface area contributed by atoms with Gasteiger partial charge in [0.2, 0.25) is 5.91 Å². The minimum absolute atomic E-state index is 0.121. The van der Waals surface area contributed by atoms with E-state index in [0.717, 1.165) is 31.7 Å². The first-order valence-electron chi connectivity index (χ1n) is 8.05. The van der Waals surface area contributed by atoms with Gasteiger partial charge in [0.1, 0.15) is 5.75 Å². The highest BCUT2D eigenvalue weighted by Gasteiger charge is 2.23. The molecule has 0 bridgehead atoms. The number of hydrogen-bond donors (Lipinski definition) is 1. The molecule has 1 amide bonds. The molecule has 0 radical (unpaired) electrons. The Labute approximate surface area is 133 Å². The fourth-order valence-electron chi connectivity index (χ4n) is 2.96. The van der Waals surface area contributed by atoms with Crippen molar-refractivity contribution in [3.8, 4) is 5.75 Å². The topological polar surface area (TPSA) is 41.6 Å². The fourth-order valence-corrected chi connectivity index (χ4v) is 2.96. The summed E-state index contributed by atoms with van der Waals surface area (Å²) < 4.78 is 5.20.